The van der Waals surface area contributed by atoms with Crippen LogP contribution in [0.15, 0.2) is 88.8 Å². The van der Waals surface area contributed by atoms with Crippen LogP contribution in [0.4, 0.5) is 5.69 Å². The Morgan fingerprint density at radius 3 is 2.32 bits per heavy atom. The van der Waals surface area contributed by atoms with Crippen LogP contribution >= 0.6 is 11.8 Å². The van der Waals surface area contributed by atoms with Crippen molar-refractivity contribution >= 4 is 34.4 Å². The first-order valence-electron chi connectivity index (χ1n) is 14.1. The standard InChI is InChI=1S/C34H41N3OS.2HI/c1-6-7-13-28-24-26(25-34-35(2)32-16-10-11-17-33(32)39-34)30-14-8-9-15-31(30)36(28)27-18-20-29(21-19-27)38-23-12-22-37(3,4)5;;/h8-11,14-21,24-25H,6-7,12-13,22-23H2,1-5H3;2*1H/q+2;;/p-2. The summed E-state index contributed by atoms with van der Waals surface area (Å²) in [6, 6.07) is 28.5. The van der Waals surface area contributed by atoms with Crippen LogP contribution in [0.3, 0.4) is 0 Å². The second-order valence-corrected chi connectivity index (χ2v) is 12.4. The molecule has 1 aliphatic heterocycles. The van der Waals surface area contributed by atoms with Crippen molar-refractivity contribution in [1.82, 2.24) is 0 Å². The van der Waals surface area contributed by atoms with Crippen molar-refractivity contribution in [2.45, 2.75) is 37.5 Å². The minimum Gasteiger partial charge on any atom is -1.00 e. The number of rotatable bonds is 10. The van der Waals surface area contributed by atoms with E-state index in [1.807, 2.05) is 11.8 Å². The molecule has 1 aliphatic rings. The smallest absolute Gasteiger partial charge is 0.219 e. The lowest BCUT2D eigenvalue weighted by Gasteiger charge is -2.23. The molecular weight excluding hydrogens is 752 g/mol. The van der Waals surface area contributed by atoms with Gasteiger partial charge in [-0.2, -0.15) is 4.57 Å². The van der Waals surface area contributed by atoms with E-state index in [2.05, 4.69) is 130 Å². The zero-order valence-corrected chi connectivity index (χ0v) is 29.9. The van der Waals surface area contributed by atoms with E-state index in [4.69, 9.17) is 4.74 Å². The van der Waals surface area contributed by atoms with E-state index in [0.29, 0.717) is 0 Å². The fourth-order valence-electron chi connectivity index (χ4n) is 5.16. The number of aromatic nitrogens is 1. The highest BCUT2D eigenvalue weighted by Crippen LogP contribution is 2.45. The molecular formula is C34H41I2N3OS. The van der Waals surface area contributed by atoms with E-state index >= 15 is 0 Å². The van der Waals surface area contributed by atoms with Crippen molar-refractivity contribution in [2.75, 3.05) is 46.2 Å². The maximum absolute atomic E-state index is 6.07. The molecule has 5 rings (SSSR count). The summed E-state index contributed by atoms with van der Waals surface area (Å²) in [4.78, 5) is 3.62. The van der Waals surface area contributed by atoms with Gasteiger partial charge < -0.3 is 62.1 Å². The molecule has 0 atom stereocenters. The van der Waals surface area contributed by atoms with E-state index in [1.54, 1.807) is 0 Å². The molecule has 3 aromatic carbocycles. The number of unbranched alkanes of at least 4 members (excludes halogenated alkanes) is 1. The Kier molecular flexibility index (Phi) is 12.4. The highest BCUT2D eigenvalue weighted by molar-refractivity contribution is 8.03. The molecule has 7 heteroatoms. The number of ether oxygens (including phenoxy) is 1. The molecule has 41 heavy (non-hydrogen) atoms. The largest absolute Gasteiger partial charge is 1.00 e. The van der Waals surface area contributed by atoms with Crippen molar-refractivity contribution in [3.63, 3.8) is 0 Å². The minimum atomic E-state index is 0. The number of para-hydroxylation sites is 2. The third-order valence-electron chi connectivity index (χ3n) is 7.24. The first-order chi connectivity index (χ1) is 18.8. The molecule has 0 amide bonds. The number of aryl methyl sites for hydroxylation is 1. The van der Waals surface area contributed by atoms with Gasteiger partial charge in [0, 0.05) is 49.1 Å². The van der Waals surface area contributed by atoms with Gasteiger partial charge >= 0.3 is 0 Å². The van der Waals surface area contributed by atoms with Crippen LogP contribution in [-0.2, 0) is 6.42 Å². The van der Waals surface area contributed by atoms with Gasteiger partial charge in [0.2, 0.25) is 11.2 Å². The van der Waals surface area contributed by atoms with Crippen molar-refractivity contribution in [3.8, 4) is 11.4 Å². The van der Waals surface area contributed by atoms with E-state index in [9.17, 15) is 0 Å². The molecule has 1 aromatic heterocycles. The Morgan fingerprint density at radius 2 is 1.61 bits per heavy atom. The molecule has 0 saturated heterocycles. The fraction of sp³-hybridized carbons (Fsp3) is 0.324. The maximum Gasteiger partial charge on any atom is 0.219 e. The number of benzene rings is 3. The lowest BCUT2D eigenvalue weighted by molar-refractivity contribution is -0.870. The predicted molar refractivity (Wildman–Crippen MR) is 166 cm³/mol. The molecule has 218 valence electrons. The van der Waals surface area contributed by atoms with Crippen LogP contribution in [0.5, 0.6) is 5.75 Å². The summed E-state index contributed by atoms with van der Waals surface area (Å²) in [5.74, 6) is 0.933. The van der Waals surface area contributed by atoms with Crippen LogP contribution < -0.4 is 62.2 Å². The van der Waals surface area contributed by atoms with E-state index < -0.39 is 0 Å². The fourth-order valence-corrected chi connectivity index (χ4v) is 6.26. The van der Waals surface area contributed by atoms with Gasteiger partial charge in [0.25, 0.3) is 0 Å². The van der Waals surface area contributed by atoms with Crippen molar-refractivity contribution in [1.29, 1.82) is 0 Å². The molecule has 0 N–H and O–H groups in total. The maximum atomic E-state index is 6.07. The lowest BCUT2D eigenvalue weighted by atomic mass is 10.0. The summed E-state index contributed by atoms with van der Waals surface area (Å²) in [5, 5.41) is 2.52. The van der Waals surface area contributed by atoms with Gasteiger partial charge in [-0.15, -0.1) is 0 Å². The number of quaternary nitrogens is 1. The average molecular weight is 794 g/mol. The molecule has 0 unspecified atom stereocenters. The summed E-state index contributed by atoms with van der Waals surface area (Å²) < 4.78 is 9.47. The van der Waals surface area contributed by atoms with Crippen molar-refractivity contribution < 1.29 is 61.7 Å². The molecule has 0 radical (unpaired) electrons. The van der Waals surface area contributed by atoms with Crippen LogP contribution in [0.2, 0.25) is 0 Å². The molecule has 0 aliphatic carbocycles. The van der Waals surface area contributed by atoms with Crippen LogP contribution in [0, 0.1) is 0 Å². The number of hydrogen-bond acceptors (Lipinski definition) is 3. The van der Waals surface area contributed by atoms with Crippen LogP contribution in [0.25, 0.3) is 22.7 Å². The average Bonchev–Trinajstić information content (AvgIpc) is 3.25. The topological polar surface area (TPSA) is 16.4 Å². The van der Waals surface area contributed by atoms with Crippen molar-refractivity contribution in [2.24, 2.45) is 0 Å². The minimum absolute atomic E-state index is 0. The van der Waals surface area contributed by atoms with Crippen molar-refractivity contribution in [3.05, 3.63) is 95.1 Å². The summed E-state index contributed by atoms with van der Waals surface area (Å²) in [6.45, 7) is 4.11. The van der Waals surface area contributed by atoms with Gasteiger partial charge in [-0.05, 0) is 48.4 Å². The second kappa shape index (κ2) is 15.1. The number of thioether (sulfide) groups is 1. The number of pyridine rings is 1. The van der Waals surface area contributed by atoms with Crippen LogP contribution in [0.1, 0.15) is 37.4 Å². The third-order valence-corrected chi connectivity index (χ3v) is 8.41. The van der Waals surface area contributed by atoms with Gasteiger partial charge in [0.05, 0.1) is 50.4 Å². The Balaban J connectivity index is 0.00000231. The molecule has 0 bridgehead atoms. The van der Waals surface area contributed by atoms with Gasteiger partial charge in [-0.3, -0.25) is 0 Å². The Morgan fingerprint density at radius 1 is 0.902 bits per heavy atom. The molecule has 4 nitrogen and oxygen atoms in total. The second-order valence-electron chi connectivity index (χ2n) is 11.4. The Labute approximate surface area is 284 Å². The number of hydrogen-bond donors (Lipinski definition) is 0. The van der Waals surface area contributed by atoms with Gasteiger partial charge in [-0.1, -0.05) is 49.4 Å². The summed E-state index contributed by atoms with van der Waals surface area (Å²) in [5.41, 5.74) is 6.29. The molecule has 2 heterocycles. The van der Waals surface area contributed by atoms with Crippen LogP contribution in [-0.4, -0.2) is 45.8 Å². The van der Waals surface area contributed by atoms with Gasteiger partial charge in [0.15, 0.2) is 5.69 Å². The first kappa shape index (κ1) is 33.7. The van der Waals surface area contributed by atoms with E-state index in [1.165, 1.54) is 43.5 Å². The highest BCUT2D eigenvalue weighted by atomic mass is 127. The molecule has 0 fully saturated rings. The van der Waals surface area contributed by atoms with E-state index in [0.717, 1.165) is 49.1 Å². The zero-order chi connectivity index (χ0) is 27.4. The number of fused-ring (bicyclic) bond motifs is 2. The predicted octanol–water partition coefficient (Wildman–Crippen LogP) is 1.48. The number of halogens is 2. The zero-order valence-electron chi connectivity index (χ0n) is 24.7. The van der Waals surface area contributed by atoms with Gasteiger partial charge in [0.1, 0.15) is 5.75 Å². The quantitative estimate of drug-likeness (QED) is 0.105. The Hall–Kier alpha value is -1.82. The number of nitrogens with zero attached hydrogens (tertiary/aromatic N) is 3. The Bertz CT molecular complexity index is 1480. The molecule has 0 spiro atoms. The molecule has 0 saturated carbocycles. The summed E-state index contributed by atoms with van der Waals surface area (Å²) in [7, 11) is 8.83. The van der Waals surface area contributed by atoms with Gasteiger partial charge in [-0.25, -0.2) is 0 Å². The third kappa shape index (κ3) is 8.18. The first-order valence-corrected chi connectivity index (χ1v) is 14.9. The number of anilines is 1. The van der Waals surface area contributed by atoms with E-state index in [-0.39, 0.29) is 48.0 Å². The molecule has 4 aromatic rings. The summed E-state index contributed by atoms with van der Waals surface area (Å²) in [6.07, 6.45) is 6.75. The lowest BCUT2D eigenvalue weighted by Crippen LogP contribution is -3.00. The summed E-state index contributed by atoms with van der Waals surface area (Å²) >= 11 is 1.85. The normalized spacial score (nSPS) is 13.6. The SMILES string of the molecule is CCCCc1cc(C=C2Sc3ccccc3N2C)c2ccccc2[n+]1-c1ccc(OCCC[N+](C)(C)C)cc1.[I-].[I-]. The highest BCUT2D eigenvalue weighted by Gasteiger charge is 2.24. The monoisotopic (exact) mass is 793 g/mol.